The summed E-state index contributed by atoms with van der Waals surface area (Å²) >= 11 is 17.5. The fraction of sp³-hybridized carbons (Fsp3) is 0.125. The van der Waals surface area contributed by atoms with Gasteiger partial charge in [-0.05, 0) is 29.8 Å². The maximum absolute atomic E-state index is 11.9. The van der Waals surface area contributed by atoms with Gasteiger partial charge in [0.15, 0.2) is 6.61 Å². The number of hydrogen-bond acceptors (Lipinski definition) is 3. The van der Waals surface area contributed by atoms with Crippen LogP contribution in [-0.2, 0) is 16.1 Å². The van der Waals surface area contributed by atoms with E-state index in [1.165, 1.54) is 6.07 Å². The lowest BCUT2D eigenvalue weighted by Gasteiger charge is -2.08. The maximum Gasteiger partial charge on any atom is 0.340 e. The van der Waals surface area contributed by atoms with Crippen molar-refractivity contribution in [1.82, 2.24) is 5.32 Å². The molecule has 2 aromatic carbocycles. The Kier molecular flexibility index (Phi) is 6.28. The fourth-order valence-corrected chi connectivity index (χ4v) is 2.23. The Bertz CT molecular complexity index is 717. The van der Waals surface area contributed by atoms with E-state index in [4.69, 9.17) is 39.5 Å². The lowest BCUT2D eigenvalue weighted by atomic mass is 10.2. The van der Waals surface area contributed by atoms with Gasteiger partial charge in [0.2, 0.25) is 0 Å². The highest BCUT2D eigenvalue weighted by Gasteiger charge is 2.15. The Hall–Kier alpha value is -1.75. The second-order valence-corrected chi connectivity index (χ2v) is 5.80. The Morgan fingerprint density at radius 2 is 1.70 bits per heavy atom. The molecule has 0 saturated heterocycles. The lowest BCUT2D eigenvalue weighted by Crippen LogP contribution is -2.28. The third-order valence-corrected chi connectivity index (χ3v) is 3.98. The zero-order chi connectivity index (χ0) is 16.8. The standard InChI is InChI=1S/C16H12Cl3NO3/c17-11-6-4-10(5-7-11)8-20-14(21)9-23-16(22)12-2-1-3-13(18)15(12)19/h1-7H,8-9H2,(H,20,21). The molecular weight excluding hydrogens is 361 g/mol. The summed E-state index contributed by atoms with van der Waals surface area (Å²) in [6.45, 7) is -0.0965. The first kappa shape index (κ1) is 17.6. The van der Waals surface area contributed by atoms with Crippen molar-refractivity contribution >= 4 is 46.7 Å². The first-order chi connectivity index (χ1) is 11.0. The third-order valence-electron chi connectivity index (χ3n) is 2.91. The summed E-state index contributed by atoms with van der Waals surface area (Å²) in [6, 6.07) is 11.6. The van der Waals surface area contributed by atoms with E-state index in [9.17, 15) is 9.59 Å². The number of benzene rings is 2. The molecule has 0 bridgehead atoms. The number of halogens is 3. The highest BCUT2D eigenvalue weighted by molar-refractivity contribution is 6.43. The molecule has 0 atom stereocenters. The first-order valence-corrected chi connectivity index (χ1v) is 7.73. The Labute approximate surface area is 148 Å². The summed E-state index contributed by atoms with van der Waals surface area (Å²) in [4.78, 5) is 23.6. The minimum absolute atomic E-state index is 0.0979. The smallest absolute Gasteiger partial charge is 0.340 e. The van der Waals surface area contributed by atoms with Gasteiger partial charge in [-0.3, -0.25) is 4.79 Å². The first-order valence-electron chi connectivity index (χ1n) is 6.59. The minimum atomic E-state index is -0.709. The number of hydrogen-bond donors (Lipinski definition) is 1. The van der Waals surface area contributed by atoms with Gasteiger partial charge >= 0.3 is 5.97 Å². The van der Waals surface area contributed by atoms with Crippen molar-refractivity contribution in [3.8, 4) is 0 Å². The third kappa shape index (κ3) is 5.13. The van der Waals surface area contributed by atoms with E-state index >= 15 is 0 Å². The maximum atomic E-state index is 11.9. The summed E-state index contributed by atoms with van der Waals surface area (Å²) in [5.74, 6) is -1.13. The van der Waals surface area contributed by atoms with Crippen LogP contribution in [0.25, 0.3) is 0 Å². The molecule has 0 aliphatic carbocycles. The normalized spacial score (nSPS) is 10.2. The fourth-order valence-electron chi connectivity index (χ4n) is 1.72. The van der Waals surface area contributed by atoms with Crippen LogP contribution in [0.3, 0.4) is 0 Å². The van der Waals surface area contributed by atoms with Gasteiger partial charge in [0.25, 0.3) is 5.91 Å². The largest absolute Gasteiger partial charge is 0.452 e. The van der Waals surface area contributed by atoms with E-state index in [1.807, 2.05) is 0 Å². The molecule has 0 aromatic heterocycles. The molecule has 23 heavy (non-hydrogen) atoms. The summed E-state index contributed by atoms with van der Waals surface area (Å²) in [5, 5.41) is 3.59. The molecule has 0 aliphatic heterocycles. The quantitative estimate of drug-likeness (QED) is 0.803. The number of carbonyl (C=O) groups is 2. The van der Waals surface area contributed by atoms with Gasteiger partial charge in [0, 0.05) is 11.6 Å². The summed E-state index contributed by atoms with van der Waals surface area (Å²) in [7, 11) is 0. The predicted octanol–water partition coefficient (Wildman–Crippen LogP) is 4.12. The van der Waals surface area contributed by atoms with Crippen molar-refractivity contribution in [2.45, 2.75) is 6.54 Å². The molecule has 0 saturated carbocycles. The second kappa shape index (κ2) is 8.20. The molecule has 1 N–H and O–H groups in total. The van der Waals surface area contributed by atoms with Crippen LogP contribution in [0.15, 0.2) is 42.5 Å². The monoisotopic (exact) mass is 371 g/mol. The van der Waals surface area contributed by atoms with Gasteiger partial charge in [-0.1, -0.05) is 53.0 Å². The van der Waals surface area contributed by atoms with Crippen LogP contribution in [0.1, 0.15) is 15.9 Å². The van der Waals surface area contributed by atoms with Crippen LogP contribution in [0, 0.1) is 0 Å². The van der Waals surface area contributed by atoms with E-state index < -0.39 is 18.5 Å². The summed E-state index contributed by atoms with van der Waals surface area (Å²) in [6.07, 6.45) is 0. The number of carbonyl (C=O) groups excluding carboxylic acids is 2. The molecular formula is C16H12Cl3NO3. The SMILES string of the molecule is O=C(COC(=O)c1cccc(Cl)c1Cl)NCc1ccc(Cl)cc1. The van der Waals surface area contributed by atoms with Gasteiger partial charge in [-0.2, -0.15) is 0 Å². The van der Waals surface area contributed by atoms with Crippen molar-refractivity contribution in [1.29, 1.82) is 0 Å². The van der Waals surface area contributed by atoms with Crippen LogP contribution in [0.2, 0.25) is 15.1 Å². The van der Waals surface area contributed by atoms with Gasteiger partial charge < -0.3 is 10.1 Å². The van der Waals surface area contributed by atoms with Crippen molar-refractivity contribution < 1.29 is 14.3 Å². The number of rotatable bonds is 5. The molecule has 4 nitrogen and oxygen atoms in total. The number of nitrogens with one attached hydrogen (secondary N) is 1. The van der Waals surface area contributed by atoms with E-state index in [-0.39, 0.29) is 15.6 Å². The van der Waals surface area contributed by atoms with Gasteiger partial charge in [0.05, 0.1) is 15.6 Å². The summed E-state index contributed by atoms with van der Waals surface area (Å²) in [5.41, 5.74) is 0.997. The van der Waals surface area contributed by atoms with Crippen LogP contribution >= 0.6 is 34.8 Å². The van der Waals surface area contributed by atoms with E-state index in [0.29, 0.717) is 11.6 Å². The van der Waals surface area contributed by atoms with Gasteiger partial charge in [-0.25, -0.2) is 4.79 Å². The molecule has 7 heteroatoms. The molecule has 2 rings (SSSR count). The zero-order valence-corrected chi connectivity index (χ0v) is 14.1. The van der Waals surface area contributed by atoms with Crippen molar-refractivity contribution in [2.24, 2.45) is 0 Å². The number of esters is 1. The predicted molar refractivity (Wildman–Crippen MR) is 90.0 cm³/mol. The zero-order valence-electron chi connectivity index (χ0n) is 11.8. The van der Waals surface area contributed by atoms with Gasteiger partial charge in [0.1, 0.15) is 0 Å². The van der Waals surface area contributed by atoms with Crippen LogP contribution in [-0.4, -0.2) is 18.5 Å². The molecule has 0 fully saturated rings. The second-order valence-electron chi connectivity index (χ2n) is 4.58. The highest BCUT2D eigenvalue weighted by atomic mass is 35.5. The van der Waals surface area contributed by atoms with Crippen molar-refractivity contribution in [2.75, 3.05) is 6.61 Å². The molecule has 0 aliphatic rings. The lowest BCUT2D eigenvalue weighted by molar-refractivity contribution is -0.124. The Morgan fingerprint density at radius 3 is 2.39 bits per heavy atom. The molecule has 1 amide bonds. The molecule has 0 spiro atoms. The van der Waals surface area contributed by atoms with Crippen LogP contribution < -0.4 is 5.32 Å². The van der Waals surface area contributed by atoms with Crippen molar-refractivity contribution in [3.63, 3.8) is 0 Å². The highest BCUT2D eigenvalue weighted by Crippen LogP contribution is 2.25. The Morgan fingerprint density at radius 1 is 1.00 bits per heavy atom. The molecule has 0 unspecified atom stereocenters. The van der Waals surface area contributed by atoms with Crippen molar-refractivity contribution in [3.05, 3.63) is 68.7 Å². The minimum Gasteiger partial charge on any atom is -0.452 e. The average Bonchev–Trinajstić information content (AvgIpc) is 2.54. The molecule has 2 aromatic rings. The molecule has 0 radical (unpaired) electrons. The summed E-state index contributed by atoms with van der Waals surface area (Å²) < 4.78 is 4.92. The van der Waals surface area contributed by atoms with E-state index in [0.717, 1.165) is 5.56 Å². The van der Waals surface area contributed by atoms with E-state index in [1.54, 1.807) is 36.4 Å². The Balaban J connectivity index is 1.83. The van der Waals surface area contributed by atoms with Crippen LogP contribution in [0.5, 0.6) is 0 Å². The van der Waals surface area contributed by atoms with Crippen LogP contribution in [0.4, 0.5) is 0 Å². The van der Waals surface area contributed by atoms with Gasteiger partial charge in [-0.15, -0.1) is 0 Å². The van der Waals surface area contributed by atoms with E-state index in [2.05, 4.69) is 5.32 Å². The number of ether oxygens (including phenoxy) is 1. The number of amides is 1. The average molecular weight is 373 g/mol. The topological polar surface area (TPSA) is 55.4 Å². The molecule has 0 heterocycles. The molecule has 120 valence electrons.